The molecular weight excluding hydrogens is 240 g/mol. The highest BCUT2D eigenvalue weighted by atomic mass is 16.7. The molecular formula is C15H20N2O2. The first-order chi connectivity index (χ1) is 9.14. The van der Waals surface area contributed by atoms with Crippen LogP contribution in [0.1, 0.15) is 19.4 Å². The molecule has 1 aliphatic rings. The second-order valence-electron chi connectivity index (χ2n) is 5.44. The molecule has 0 spiro atoms. The van der Waals surface area contributed by atoms with E-state index in [0.29, 0.717) is 6.61 Å². The Morgan fingerprint density at radius 3 is 3.05 bits per heavy atom. The molecule has 4 nitrogen and oxygen atoms in total. The summed E-state index contributed by atoms with van der Waals surface area (Å²) in [6.45, 7) is 6.22. The minimum Gasteiger partial charge on any atom is -0.361 e. The van der Waals surface area contributed by atoms with E-state index in [2.05, 4.69) is 34.6 Å². The van der Waals surface area contributed by atoms with Crippen LogP contribution in [0.4, 0.5) is 0 Å². The molecule has 19 heavy (non-hydrogen) atoms. The second-order valence-corrected chi connectivity index (χ2v) is 5.44. The molecule has 0 saturated carbocycles. The molecule has 2 heterocycles. The molecule has 0 amide bonds. The quantitative estimate of drug-likeness (QED) is 0.887. The number of ether oxygens (including phenoxy) is 2. The summed E-state index contributed by atoms with van der Waals surface area (Å²) in [6.07, 6.45) is 2.12. The second kappa shape index (κ2) is 4.96. The average molecular weight is 260 g/mol. The van der Waals surface area contributed by atoms with Gasteiger partial charge in [-0.3, -0.25) is 0 Å². The average Bonchev–Trinajstić information content (AvgIpc) is 2.96. The summed E-state index contributed by atoms with van der Waals surface area (Å²) >= 11 is 0. The molecule has 0 bridgehead atoms. The molecule has 1 saturated heterocycles. The molecule has 1 fully saturated rings. The van der Waals surface area contributed by atoms with Crippen LogP contribution in [-0.2, 0) is 16.0 Å². The predicted octanol–water partition coefficient (Wildman–Crippen LogP) is 2.41. The zero-order valence-corrected chi connectivity index (χ0v) is 11.4. The van der Waals surface area contributed by atoms with Crippen LogP contribution in [0.5, 0.6) is 0 Å². The fourth-order valence-electron chi connectivity index (χ4n) is 2.54. The molecule has 0 radical (unpaired) electrons. The molecule has 1 aliphatic heterocycles. The number of fused-ring (bicyclic) bond motifs is 1. The van der Waals surface area contributed by atoms with Crippen LogP contribution in [0, 0.1) is 0 Å². The summed E-state index contributed by atoms with van der Waals surface area (Å²) in [5, 5.41) is 4.72. The van der Waals surface area contributed by atoms with Crippen molar-refractivity contribution < 1.29 is 9.47 Å². The lowest BCUT2D eigenvalue weighted by molar-refractivity contribution is -0.137. The van der Waals surface area contributed by atoms with E-state index in [-0.39, 0.29) is 6.10 Å². The van der Waals surface area contributed by atoms with Crippen molar-refractivity contribution >= 4 is 10.9 Å². The van der Waals surface area contributed by atoms with Crippen LogP contribution in [0.2, 0.25) is 0 Å². The van der Waals surface area contributed by atoms with Gasteiger partial charge in [-0.2, -0.15) is 0 Å². The van der Waals surface area contributed by atoms with Gasteiger partial charge >= 0.3 is 0 Å². The lowest BCUT2D eigenvalue weighted by Gasteiger charge is -2.17. The normalized spacial score (nSPS) is 22.1. The van der Waals surface area contributed by atoms with Crippen LogP contribution in [0.25, 0.3) is 10.9 Å². The number of rotatable bonds is 4. The van der Waals surface area contributed by atoms with Gasteiger partial charge in [-0.05, 0) is 31.5 Å². The number of hydrogen-bond donors (Lipinski definition) is 2. The molecule has 1 aromatic heterocycles. The van der Waals surface area contributed by atoms with Gasteiger partial charge < -0.3 is 19.8 Å². The molecule has 4 heteroatoms. The van der Waals surface area contributed by atoms with Gasteiger partial charge in [0.1, 0.15) is 0 Å². The first-order valence-electron chi connectivity index (χ1n) is 6.71. The number of aromatic amines is 1. The van der Waals surface area contributed by atoms with Gasteiger partial charge in [0.05, 0.1) is 12.7 Å². The molecule has 1 aromatic carbocycles. The van der Waals surface area contributed by atoms with Crippen molar-refractivity contribution in [3.05, 3.63) is 36.0 Å². The molecule has 3 rings (SSSR count). The Kier molecular flexibility index (Phi) is 3.31. The van der Waals surface area contributed by atoms with Crippen molar-refractivity contribution in [1.29, 1.82) is 0 Å². The van der Waals surface area contributed by atoms with Gasteiger partial charge in [0.2, 0.25) is 0 Å². The Bertz CT molecular complexity index is 562. The third kappa shape index (κ3) is 2.81. The highest BCUT2D eigenvalue weighted by Crippen LogP contribution is 2.22. The standard InChI is InChI=1S/C15H20N2O2/c1-15(2)18-10-12(19-15)9-16-8-11-4-3-5-14-13(11)6-7-17-14/h3-7,12,16-17H,8-10H2,1-2H3. The number of aromatic nitrogens is 1. The topological polar surface area (TPSA) is 46.3 Å². The van der Waals surface area contributed by atoms with Gasteiger partial charge in [-0.1, -0.05) is 12.1 Å². The van der Waals surface area contributed by atoms with Gasteiger partial charge in [-0.15, -0.1) is 0 Å². The van der Waals surface area contributed by atoms with E-state index in [0.717, 1.165) is 13.1 Å². The highest BCUT2D eigenvalue weighted by Gasteiger charge is 2.32. The smallest absolute Gasteiger partial charge is 0.163 e. The summed E-state index contributed by atoms with van der Waals surface area (Å²) in [7, 11) is 0. The van der Waals surface area contributed by atoms with E-state index in [1.807, 2.05) is 20.0 Å². The lowest BCUT2D eigenvalue weighted by Crippen LogP contribution is -2.30. The lowest BCUT2D eigenvalue weighted by atomic mass is 10.1. The SMILES string of the molecule is CC1(C)OCC(CNCc2cccc3[nH]ccc23)O1. The number of benzene rings is 1. The Morgan fingerprint density at radius 1 is 1.37 bits per heavy atom. The molecule has 1 atom stereocenters. The Labute approximate surface area is 113 Å². The highest BCUT2D eigenvalue weighted by molar-refractivity contribution is 5.82. The number of H-pyrrole nitrogens is 1. The van der Waals surface area contributed by atoms with Crippen molar-refractivity contribution in [3.8, 4) is 0 Å². The summed E-state index contributed by atoms with van der Waals surface area (Å²) in [5.74, 6) is -0.438. The van der Waals surface area contributed by atoms with Crippen molar-refractivity contribution in [3.63, 3.8) is 0 Å². The zero-order chi connectivity index (χ0) is 13.3. The Hall–Kier alpha value is -1.36. The monoisotopic (exact) mass is 260 g/mol. The molecule has 102 valence electrons. The van der Waals surface area contributed by atoms with Crippen LogP contribution in [-0.4, -0.2) is 30.0 Å². The van der Waals surface area contributed by atoms with E-state index in [9.17, 15) is 0 Å². The molecule has 0 aliphatic carbocycles. The van der Waals surface area contributed by atoms with E-state index in [4.69, 9.17) is 9.47 Å². The third-order valence-corrected chi connectivity index (χ3v) is 3.44. The van der Waals surface area contributed by atoms with Crippen LogP contribution in [0.15, 0.2) is 30.5 Å². The van der Waals surface area contributed by atoms with Crippen molar-refractivity contribution in [2.75, 3.05) is 13.2 Å². The number of hydrogen-bond acceptors (Lipinski definition) is 3. The maximum absolute atomic E-state index is 5.77. The largest absolute Gasteiger partial charge is 0.361 e. The first-order valence-corrected chi connectivity index (χ1v) is 6.71. The minimum atomic E-state index is -0.438. The van der Waals surface area contributed by atoms with Gasteiger partial charge in [-0.25, -0.2) is 0 Å². The Balaban J connectivity index is 1.57. The van der Waals surface area contributed by atoms with Gasteiger partial charge in [0.25, 0.3) is 0 Å². The van der Waals surface area contributed by atoms with Crippen molar-refractivity contribution in [2.24, 2.45) is 0 Å². The van der Waals surface area contributed by atoms with E-state index < -0.39 is 5.79 Å². The van der Waals surface area contributed by atoms with Gasteiger partial charge in [0.15, 0.2) is 5.79 Å². The third-order valence-electron chi connectivity index (χ3n) is 3.44. The first kappa shape index (κ1) is 12.7. The van der Waals surface area contributed by atoms with Crippen LogP contribution >= 0.6 is 0 Å². The summed E-state index contributed by atoms with van der Waals surface area (Å²) in [6, 6.07) is 8.44. The summed E-state index contributed by atoms with van der Waals surface area (Å²) in [5.41, 5.74) is 2.48. The summed E-state index contributed by atoms with van der Waals surface area (Å²) < 4.78 is 11.3. The number of nitrogens with one attached hydrogen (secondary N) is 2. The zero-order valence-electron chi connectivity index (χ0n) is 11.4. The van der Waals surface area contributed by atoms with Crippen molar-refractivity contribution in [2.45, 2.75) is 32.3 Å². The van der Waals surface area contributed by atoms with Crippen LogP contribution in [0.3, 0.4) is 0 Å². The summed E-state index contributed by atoms with van der Waals surface area (Å²) in [4.78, 5) is 3.23. The minimum absolute atomic E-state index is 0.139. The molecule has 2 N–H and O–H groups in total. The van der Waals surface area contributed by atoms with Gasteiger partial charge in [0, 0.05) is 30.2 Å². The van der Waals surface area contributed by atoms with E-state index in [1.54, 1.807) is 0 Å². The fraction of sp³-hybridized carbons (Fsp3) is 0.467. The maximum atomic E-state index is 5.77. The Morgan fingerprint density at radius 2 is 2.26 bits per heavy atom. The fourth-order valence-corrected chi connectivity index (χ4v) is 2.54. The molecule has 2 aromatic rings. The van der Waals surface area contributed by atoms with E-state index in [1.165, 1.54) is 16.5 Å². The molecule has 1 unspecified atom stereocenters. The van der Waals surface area contributed by atoms with E-state index >= 15 is 0 Å². The maximum Gasteiger partial charge on any atom is 0.163 e. The van der Waals surface area contributed by atoms with Crippen molar-refractivity contribution in [1.82, 2.24) is 10.3 Å². The van der Waals surface area contributed by atoms with Crippen LogP contribution < -0.4 is 5.32 Å². The predicted molar refractivity (Wildman–Crippen MR) is 74.9 cm³/mol.